The lowest BCUT2D eigenvalue weighted by molar-refractivity contribution is -0.137. The van der Waals surface area contributed by atoms with Gasteiger partial charge in [0, 0.05) is 42.5 Å². The molecule has 7 rings (SSSR count). The third-order valence-electron chi connectivity index (χ3n) is 7.91. The number of alkyl halides is 3. The number of aromatic nitrogens is 4. The molecule has 2 N–H and O–H groups in total. The molecular weight excluding hydrogens is 613 g/mol. The number of piperidine rings is 1. The number of nitrogens with one attached hydrogen (secondary N) is 2. The molecule has 14 heteroatoms. The predicted octanol–water partition coefficient (Wildman–Crippen LogP) is 6.57. The Hall–Kier alpha value is -5.14. The van der Waals surface area contributed by atoms with Gasteiger partial charge in [-0.05, 0) is 70.0 Å². The SMILES string of the molecule is CC(C)(C)OC(=O)NCCn1cc(-c2cccc(NC(=O)N3c4nc(-c5cccc(C(F)(F)F)c5)ccc4N4CCC3CC4)c2)nn1. The largest absolute Gasteiger partial charge is 0.444 e. The van der Waals surface area contributed by atoms with Crippen LogP contribution in [0.5, 0.6) is 0 Å². The van der Waals surface area contributed by atoms with Crippen LogP contribution < -0.4 is 20.4 Å². The quantitative estimate of drug-likeness (QED) is 0.243. The molecule has 2 aromatic carbocycles. The van der Waals surface area contributed by atoms with Gasteiger partial charge < -0.3 is 20.3 Å². The smallest absolute Gasteiger partial charge is 0.416 e. The maximum Gasteiger partial charge on any atom is 0.416 e. The first-order valence-electron chi connectivity index (χ1n) is 15.4. The summed E-state index contributed by atoms with van der Waals surface area (Å²) in [5, 5.41) is 14.1. The van der Waals surface area contributed by atoms with Crippen LogP contribution in [-0.2, 0) is 17.5 Å². The Morgan fingerprint density at radius 1 is 0.957 bits per heavy atom. The van der Waals surface area contributed by atoms with E-state index in [9.17, 15) is 22.8 Å². The highest BCUT2D eigenvalue weighted by atomic mass is 19.4. The van der Waals surface area contributed by atoms with Gasteiger partial charge >= 0.3 is 18.3 Å². The third-order valence-corrected chi connectivity index (χ3v) is 7.91. The topological polar surface area (TPSA) is 118 Å². The van der Waals surface area contributed by atoms with E-state index in [4.69, 9.17) is 9.72 Å². The van der Waals surface area contributed by atoms with Gasteiger partial charge in [-0.25, -0.2) is 14.6 Å². The molecular formula is C33H35F3N8O3. The van der Waals surface area contributed by atoms with Gasteiger partial charge in [0.25, 0.3) is 0 Å². The van der Waals surface area contributed by atoms with E-state index in [2.05, 4.69) is 25.8 Å². The fourth-order valence-corrected chi connectivity index (χ4v) is 5.75. The van der Waals surface area contributed by atoms with Crippen LogP contribution in [0.25, 0.3) is 22.5 Å². The number of hydrogen-bond acceptors (Lipinski definition) is 7. The Bertz CT molecular complexity index is 1780. The fraction of sp³-hybridized carbons (Fsp3) is 0.364. The number of carbonyl (C=O) groups excluding carboxylic acids is 2. The van der Waals surface area contributed by atoms with Crippen molar-refractivity contribution in [3.63, 3.8) is 0 Å². The van der Waals surface area contributed by atoms with Gasteiger partial charge in [-0.3, -0.25) is 9.58 Å². The van der Waals surface area contributed by atoms with Crippen LogP contribution in [-0.4, -0.2) is 63.4 Å². The number of carbonyl (C=O) groups is 2. The summed E-state index contributed by atoms with van der Waals surface area (Å²) in [6.45, 7) is 7.53. The second-order valence-corrected chi connectivity index (χ2v) is 12.5. The van der Waals surface area contributed by atoms with Gasteiger partial charge in [0.1, 0.15) is 11.3 Å². The monoisotopic (exact) mass is 648 g/mol. The maximum absolute atomic E-state index is 13.9. The first kappa shape index (κ1) is 31.8. The van der Waals surface area contributed by atoms with Crippen LogP contribution in [0, 0.1) is 0 Å². The molecule has 3 amide bonds. The Labute approximate surface area is 269 Å². The van der Waals surface area contributed by atoms with Gasteiger partial charge in [-0.15, -0.1) is 5.10 Å². The molecule has 1 saturated heterocycles. The zero-order chi connectivity index (χ0) is 33.3. The second-order valence-electron chi connectivity index (χ2n) is 12.5. The van der Waals surface area contributed by atoms with Crippen molar-refractivity contribution in [2.75, 3.05) is 34.8 Å². The zero-order valence-electron chi connectivity index (χ0n) is 26.2. The predicted molar refractivity (Wildman–Crippen MR) is 171 cm³/mol. The van der Waals surface area contributed by atoms with E-state index in [-0.39, 0.29) is 12.1 Å². The van der Waals surface area contributed by atoms with Gasteiger partial charge in [-0.1, -0.05) is 29.5 Å². The van der Waals surface area contributed by atoms with Crippen molar-refractivity contribution in [3.05, 3.63) is 72.4 Å². The molecule has 246 valence electrons. The number of amides is 3. The van der Waals surface area contributed by atoms with Crippen LogP contribution >= 0.6 is 0 Å². The molecule has 0 unspecified atom stereocenters. The number of ether oxygens (including phenoxy) is 1. The molecule has 5 heterocycles. The molecule has 0 atom stereocenters. The van der Waals surface area contributed by atoms with E-state index in [0.29, 0.717) is 41.5 Å². The van der Waals surface area contributed by atoms with Crippen LogP contribution in [0.2, 0.25) is 0 Å². The molecule has 3 aliphatic heterocycles. The average Bonchev–Trinajstić information content (AvgIpc) is 3.37. The van der Waals surface area contributed by atoms with Gasteiger partial charge in [-0.2, -0.15) is 13.2 Å². The number of benzene rings is 2. The van der Waals surface area contributed by atoms with Crippen molar-refractivity contribution in [1.29, 1.82) is 0 Å². The van der Waals surface area contributed by atoms with E-state index in [1.165, 1.54) is 6.07 Å². The highest BCUT2D eigenvalue weighted by Gasteiger charge is 2.37. The Kier molecular flexibility index (Phi) is 8.51. The van der Waals surface area contributed by atoms with Crippen molar-refractivity contribution < 1.29 is 27.5 Å². The minimum atomic E-state index is -4.49. The number of anilines is 3. The summed E-state index contributed by atoms with van der Waals surface area (Å²) < 4.78 is 47.2. The van der Waals surface area contributed by atoms with Crippen LogP contribution in [0.15, 0.2) is 66.9 Å². The Morgan fingerprint density at radius 2 is 1.68 bits per heavy atom. The standard InChI is InChI=1S/C33H35F3N8O3/c1-32(2,3)47-31(46)37-14-17-43-20-27(40-41-43)22-7-5-9-24(19-22)38-30(45)44-25-12-15-42(16-13-25)28-11-10-26(39-29(28)44)21-6-4-8-23(18-21)33(34,35)36/h4-11,18-20,25H,12-17H2,1-3H3,(H,37,46)(H,38,45). The molecule has 47 heavy (non-hydrogen) atoms. The fourth-order valence-electron chi connectivity index (χ4n) is 5.75. The van der Waals surface area contributed by atoms with E-state index < -0.39 is 23.4 Å². The summed E-state index contributed by atoms with van der Waals surface area (Å²) in [4.78, 5) is 34.4. The Morgan fingerprint density at radius 3 is 2.40 bits per heavy atom. The van der Waals surface area contributed by atoms with Crippen molar-refractivity contribution >= 4 is 29.3 Å². The van der Waals surface area contributed by atoms with Crippen molar-refractivity contribution in [2.45, 2.75) is 58.0 Å². The lowest BCUT2D eigenvalue weighted by Crippen LogP contribution is -2.46. The summed E-state index contributed by atoms with van der Waals surface area (Å²) in [5.41, 5.74) is 1.91. The van der Waals surface area contributed by atoms with Crippen LogP contribution in [0.4, 0.5) is 40.0 Å². The average molecular weight is 649 g/mol. The Balaban J connectivity index is 1.20. The molecule has 0 radical (unpaired) electrons. The molecule has 1 fully saturated rings. The first-order valence-corrected chi connectivity index (χ1v) is 15.4. The summed E-state index contributed by atoms with van der Waals surface area (Å²) in [7, 11) is 0. The molecule has 0 aliphatic carbocycles. The molecule has 11 nitrogen and oxygen atoms in total. The number of pyridine rings is 1. The second kappa shape index (κ2) is 12.6. The van der Waals surface area contributed by atoms with E-state index in [0.717, 1.165) is 49.3 Å². The number of urea groups is 1. The highest BCUT2D eigenvalue weighted by molar-refractivity contribution is 6.04. The number of hydrogen-bond donors (Lipinski definition) is 2. The highest BCUT2D eigenvalue weighted by Crippen LogP contribution is 2.40. The maximum atomic E-state index is 13.9. The summed E-state index contributed by atoms with van der Waals surface area (Å²) in [5.74, 6) is 0.413. The molecule has 0 saturated carbocycles. The number of nitrogens with zero attached hydrogens (tertiary/aromatic N) is 6. The summed E-state index contributed by atoms with van der Waals surface area (Å²) >= 11 is 0. The molecule has 0 spiro atoms. The third kappa shape index (κ3) is 7.31. The molecule has 2 bridgehead atoms. The lowest BCUT2D eigenvalue weighted by atomic mass is 10.1. The molecule has 4 aromatic rings. The van der Waals surface area contributed by atoms with E-state index >= 15 is 0 Å². The molecule has 2 aromatic heterocycles. The number of fused-ring (bicyclic) bond motifs is 2. The zero-order valence-corrected chi connectivity index (χ0v) is 26.2. The summed E-state index contributed by atoms with van der Waals surface area (Å²) in [6.07, 6.45) is -1.79. The first-order chi connectivity index (χ1) is 22.3. The van der Waals surface area contributed by atoms with E-state index in [1.807, 2.05) is 12.1 Å². The lowest BCUT2D eigenvalue weighted by Gasteiger charge is -2.31. The van der Waals surface area contributed by atoms with Crippen molar-refractivity contribution in [1.82, 2.24) is 25.3 Å². The van der Waals surface area contributed by atoms with E-state index in [1.54, 1.807) is 66.9 Å². The van der Waals surface area contributed by atoms with Crippen molar-refractivity contribution in [2.24, 2.45) is 0 Å². The minimum Gasteiger partial charge on any atom is -0.444 e. The normalized spacial score (nSPS) is 14.9. The number of alkyl carbamates (subject to hydrolysis) is 1. The molecule has 3 aliphatic rings. The van der Waals surface area contributed by atoms with Crippen LogP contribution in [0.3, 0.4) is 0 Å². The van der Waals surface area contributed by atoms with Gasteiger partial charge in [0.05, 0.1) is 29.7 Å². The van der Waals surface area contributed by atoms with Gasteiger partial charge in [0.15, 0.2) is 5.82 Å². The minimum absolute atomic E-state index is 0.130. The number of halogens is 3. The van der Waals surface area contributed by atoms with Crippen molar-refractivity contribution in [3.8, 4) is 22.5 Å². The summed E-state index contributed by atoms with van der Waals surface area (Å²) in [6, 6.07) is 15.3. The van der Waals surface area contributed by atoms with Crippen LogP contribution in [0.1, 0.15) is 39.2 Å². The van der Waals surface area contributed by atoms with Gasteiger partial charge in [0.2, 0.25) is 0 Å². The number of rotatable bonds is 6.